The molecule has 0 saturated carbocycles. The zero-order valence-corrected chi connectivity index (χ0v) is 21.9. The fraction of sp³-hybridized carbons (Fsp3) is 0.192. The number of amides is 2. The summed E-state index contributed by atoms with van der Waals surface area (Å²) in [6.07, 6.45) is 0. The molecule has 0 aliphatic rings. The minimum absolute atomic E-state index is 0.193. The number of nitrogens with one attached hydrogen (secondary N) is 1. The van der Waals surface area contributed by atoms with Gasteiger partial charge in [-0.1, -0.05) is 24.3 Å². The summed E-state index contributed by atoms with van der Waals surface area (Å²) in [5.41, 5.74) is 0.744. The van der Waals surface area contributed by atoms with E-state index in [4.69, 9.17) is 4.42 Å². The van der Waals surface area contributed by atoms with Gasteiger partial charge < -0.3 is 14.6 Å². The van der Waals surface area contributed by atoms with Gasteiger partial charge in [0, 0.05) is 16.3 Å². The van der Waals surface area contributed by atoms with E-state index in [0.29, 0.717) is 16.4 Å². The van der Waals surface area contributed by atoms with E-state index in [2.05, 4.69) is 20.7 Å². The first kappa shape index (κ1) is 25.5. The van der Waals surface area contributed by atoms with Crippen molar-refractivity contribution in [3.63, 3.8) is 0 Å². The number of tetrazole rings is 1. The van der Waals surface area contributed by atoms with Crippen LogP contribution in [0.15, 0.2) is 75.8 Å². The third-order valence-corrected chi connectivity index (χ3v) is 7.46. The maximum atomic E-state index is 13.7. The van der Waals surface area contributed by atoms with Crippen LogP contribution in [-0.2, 0) is 29.2 Å². The summed E-state index contributed by atoms with van der Waals surface area (Å²) in [6, 6.07) is 16.0. The van der Waals surface area contributed by atoms with E-state index in [-0.39, 0.29) is 43.1 Å². The number of thiophene rings is 2. The van der Waals surface area contributed by atoms with Gasteiger partial charge in [-0.15, -0.1) is 32.9 Å². The number of carbonyl (C=O) groups excluding carboxylic acids is 2. The van der Waals surface area contributed by atoms with Crippen LogP contribution in [0.1, 0.15) is 27.1 Å². The monoisotopic (exact) mass is 550 g/mol. The normalized spacial score (nSPS) is 11.8. The first-order valence-corrected chi connectivity index (χ1v) is 13.4. The molecule has 1 aromatic carbocycles. The summed E-state index contributed by atoms with van der Waals surface area (Å²) in [5.74, 6) is 0.375. The highest BCUT2D eigenvalue weighted by atomic mass is 32.1. The molecule has 4 aromatic heterocycles. The lowest BCUT2D eigenvalue weighted by Crippen LogP contribution is -2.44. The summed E-state index contributed by atoms with van der Waals surface area (Å²) < 4.78 is 18.9. The molecule has 1 atom stereocenters. The van der Waals surface area contributed by atoms with Gasteiger partial charge in [0.05, 0.1) is 6.54 Å². The zero-order chi connectivity index (χ0) is 26.5. The number of rotatable bonds is 10. The Hall–Kier alpha value is -4.16. The van der Waals surface area contributed by atoms with E-state index in [9.17, 15) is 14.0 Å². The Balaban J connectivity index is 1.40. The predicted octanol–water partition coefficient (Wildman–Crippen LogP) is 4.59. The number of hydrogen-bond donors (Lipinski definition) is 1. The molecule has 4 heterocycles. The molecule has 0 saturated heterocycles. The number of furan rings is 1. The molecule has 0 aliphatic heterocycles. The van der Waals surface area contributed by atoms with Gasteiger partial charge in [0.15, 0.2) is 5.76 Å². The third kappa shape index (κ3) is 6.03. The number of aromatic nitrogens is 4. The molecule has 0 bridgehead atoms. The van der Waals surface area contributed by atoms with Crippen LogP contribution in [0.3, 0.4) is 0 Å². The van der Waals surface area contributed by atoms with E-state index >= 15 is 0 Å². The van der Waals surface area contributed by atoms with Gasteiger partial charge in [-0.25, -0.2) is 4.39 Å². The van der Waals surface area contributed by atoms with Gasteiger partial charge in [0.25, 0.3) is 0 Å². The van der Waals surface area contributed by atoms with E-state index < -0.39 is 6.04 Å². The summed E-state index contributed by atoms with van der Waals surface area (Å²) in [7, 11) is 0. The molecule has 0 spiro atoms. The average molecular weight is 551 g/mol. The quantitative estimate of drug-likeness (QED) is 0.273. The molecule has 1 N–H and O–H groups in total. The fourth-order valence-electron chi connectivity index (χ4n) is 3.83. The van der Waals surface area contributed by atoms with Crippen LogP contribution in [-0.4, -0.2) is 36.9 Å². The highest BCUT2D eigenvalue weighted by molar-refractivity contribution is 7.10. The van der Waals surface area contributed by atoms with Crippen molar-refractivity contribution in [2.75, 3.05) is 0 Å². The number of halogens is 1. The van der Waals surface area contributed by atoms with Crippen LogP contribution in [0.5, 0.6) is 0 Å². The Kier molecular flexibility index (Phi) is 7.70. The lowest BCUT2D eigenvalue weighted by Gasteiger charge is -2.30. The molecule has 12 heteroatoms. The molecule has 9 nitrogen and oxygen atoms in total. The minimum Gasteiger partial charge on any atom is -0.458 e. The van der Waals surface area contributed by atoms with Crippen molar-refractivity contribution in [1.82, 2.24) is 30.4 Å². The second kappa shape index (κ2) is 11.5. The second-order valence-electron chi connectivity index (χ2n) is 8.42. The highest BCUT2D eigenvalue weighted by Crippen LogP contribution is 2.29. The number of aryl methyl sites for hydroxylation is 1. The van der Waals surface area contributed by atoms with Crippen molar-refractivity contribution in [1.29, 1.82) is 0 Å². The van der Waals surface area contributed by atoms with Crippen LogP contribution in [0.4, 0.5) is 4.39 Å². The molecule has 38 heavy (non-hydrogen) atoms. The maximum absolute atomic E-state index is 13.7. The molecule has 1 unspecified atom stereocenters. The lowest BCUT2D eigenvalue weighted by molar-refractivity contribution is -0.142. The topological polar surface area (TPSA) is 106 Å². The second-order valence-corrected chi connectivity index (χ2v) is 10.4. The van der Waals surface area contributed by atoms with E-state index in [1.807, 2.05) is 41.9 Å². The number of benzene rings is 1. The van der Waals surface area contributed by atoms with E-state index in [0.717, 1.165) is 10.4 Å². The summed E-state index contributed by atoms with van der Waals surface area (Å²) in [5, 5.41) is 19.0. The molecule has 0 fully saturated rings. The molecule has 5 aromatic rings. The minimum atomic E-state index is -0.888. The van der Waals surface area contributed by atoms with Crippen molar-refractivity contribution in [2.24, 2.45) is 0 Å². The first-order chi connectivity index (χ1) is 18.5. The van der Waals surface area contributed by atoms with Crippen molar-refractivity contribution >= 4 is 34.5 Å². The van der Waals surface area contributed by atoms with Crippen LogP contribution < -0.4 is 5.32 Å². The van der Waals surface area contributed by atoms with Gasteiger partial charge in [-0.05, 0) is 64.9 Å². The predicted molar refractivity (Wildman–Crippen MR) is 140 cm³/mol. The number of hydrogen-bond acceptors (Lipinski definition) is 8. The Bertz CT molecular complexity index is 1500. The van der Waals surface area contributed by atoms with Gasteiger partial charge >= 0.3 is 0 Å². The number of nitrogens with zero attached hydrogens (tertiary/aromatic N) is 5. The summed E-state index contributed by atoms with van der Waals surface area (Å²) in [4.78, 5) is 31.6. The van der Waals surface area contributed by atoms with Crippen molar-refractivity contribution in [2.45, 2.75) is 32.6 Å². The SMILES string of the molecule is Cc1ccc(-c2nnn(CC(=O)N(Cc3cccs3)C(C(=O)NCc3ccc(F)cc3)c3cccs3)n2)o1. The lowest BCUT2D eigenvalue weighted by atomic mass is 10.1. The van der Waals surface area contributed by atoms with Crippen LogP contribution in [0.25, 0.3) is 11.6 Å². The molecule has 194 valence electrons. The first-order valence-electron chi connectivity index (χ1n) is 11.7. The van der Waals surface area contributed by atoms with Gasteiger partial charge in [0.1, 0.15) is 24.2 Å². The molecular formula is C26H23FN6O3S2. The zero-order valence-electron chi connectivity index (χ0n) is 20.3. The Morgan fingerprint density at radius 1 is 1.08 bits per heavy atom. The van der Waals surface area contributed by atoms with Crippen molar-refractivity contribution < 1.29 is 18.4 Å². The van der Waals surface area contributed by atoms with Gasteiger partial charge in [-0.2, -0.15) is 4.80 Å². The van der Waals surface area contributed by atoms with Crippen LogP contribution in [0, 0.1) is 12.7 Å². The largest absolute Gasteiger partial charge is 0.458 e. The molecule has 2 amide bonds. The van der Waals surface area contributed by atoms with Gasteiger partial charge in [0.2, 0.25) is 17.6 Å². The fourth-order valence-corrected chi connectivity index (χ4v) is 5.37. The Labute approximate surface area is 225 Å². The number of carbonyl (C=O) groups is 2. The van der Waals surface area contributed by atoms with Crippen molar-refractivity contribution in [3.8, 4) is 11.6 Å². The molecule has 5 rings (SSSR count). The average Bonchev–Trinajstić information content (AvgIpc) is 3.72. The summed E-state index contributed by atoms with van der Waals surface area (Å²) in [6.45, 7) is 2.01. The van der Waals surface area contributed by atoms with Gasteiger partial charge in [-0.3, -0.25) is 9.59 Å². The van der Waals surface area contributed by atoms with E-state index in [1.54, 1.807) is 24.3 Å². The third-order valence-electron chi connectivity index (χ3n) is 5.67. The molecule has 0 radical (unpaired) electrons. The molecule has 0 aliphatic carbocycles. The molecular weight excluding hydrogens is 527 g/mol. The standard InChI is InChI=1S/C26H23FN6O3S2/c1-17-6-11-21(36-17)25-29-31-33(30-25)16-23(34)32(15-20-4-2-12-37-20)24(22-5-3-13-38-22)26(35)28-14-18-7-9-19(27)10-8-18/h2-13,24H,14-16H2,1H3,(H,28,35). The summed E-state index contributed by atoms with van der Waals surface area (Å²) >= 11 is 2.88. The highest BCUT2D eigenvalue weighted by Gasteiger charge is 2.33. The van der Waals surface area contributed by atoms with Crippen LogP contribution in [0.2, 0.25) is 0 Å². The van der Waals surface area contributed by atoms with Crippen LogP contribution >= 0.6 is 22.7 Å². The smallest absolute Gasteiger partial charge is 0.248 e. The Morgan fingerprint density at radius 2 is 1.87 bits per heavy atom. The Morgan fingerprint density at radius 3 is 2.55 bits per heavy atom. The van der Waals surface area contributed by atoms with E-state index in [1.165, 1.54) is 44.5 Å². The van der Waals surface area contributed by atoms with Crippen molar-refractivity contribution in [3.05, 3.63) is 98.3 Å². The maximum Gasteiger partial charge on any atom is 0.248 e.